The molecule has 0 unspecified atom stereocenters. The van der Waals surface area contributed by atoms with E-state index in [4.69, 9.17) is 0 Å². The third kappa shape index (κ3) is 4.70. The highest BCUT2D eigenvalue weighted by Crippen LogP contribution is 2.25. The van der Waals surface area contributed by atoms with Gasteiger partial charge in [0.1, 0.15) is 0 Å². The molecule has 1 saturated heterocycles. The maximum Gasteiger partial charge on any atom is 0.256 e. The number of likely N-dealkylation sites (N-methyl/N-ethyl adjacent to an activating group) is 1. The van der Waals surface area contributed by atoms with Gasteiger partial charge in [0.05, 0.1) is 6.20 Å². The zero-order chi connectivity index (χ0) is 19.4. The van der Waals surface area contributed by atoms with E-state index in [0.29, 0.717) is 31.5 Å². The molecule has 146 valence electrons. The van der Waals surface area contributed by atoms with Crippen molar-refractivity contribution in [3.63, 3.8) is 0 Å². The third-order valence-electron chi connectivity index (χ3n) is 4.93. The number of amides is 1. The van der Waals surface area contributed by atoms with Crippen molar-refractivity contribution < 1.29 is 18.7 Å². The van der Waals surface area contributed by atoms with Crippen molar-refractivity contribution in [3.05, 3.63) is 53.4 Å². The zero-order valence-corrected chi connectivity index (χ0v) is 15.3. The minimum absolute atomic E-state index is 0.150. The van der Waals surface area contributed by atoms with Gasteiger partial charge in [-0.3, -0.25) is 9.89 Å². The van der Waals surface area contributed by atoms with Crippen LogP contribution in [0.3, 0.4) is 0 Å². The Morgan fingerprint density at radius 3 is 2.85 bits per heavy atom. The highest BCUT2D eigenvalue weighted by molar-refractivity contribution is 5.86. The minimum Gasteiger partial charge on any atom is -0.379 e. The van der Waals surface area contributed by atoms with Crippen LogP contribution in [0.4, 0.5) is 8.78 Å². The molecule has 0 spiro atoms. The van der Waals surface area contributed by atoms with Crippen LogP contribution in [0, 0.1) is 11.6 Å². The summed E-state index contributed by atoms with van der Waals surface area (Å²) in [6.45, 7) is 1.53. The van der Waals surface area contributed by atoms with E-state index in [1.165, 1.54) is 11.0 Å². The van der Waals surface area contributed by atoms with Gasteiger partial charge in [-0.15, -0.1) is 0 Å². The Kier molecular flexibility index (Phi) is 5.86. The molecule has 1 aromatic carbocycles. The molecule has 2 heterocycles. The van der Waals surface area contributed by atoms with Crippen molar-refractivity contribution in [1.82, 2.24) is 20.0 Å². The van der Waals surface area contributed by atoms with Gasteiger partial charge in [0, 0.05) is 32.4 Å². The molecule has 1 aliphatic heterocycles. The summed E-state index contributed by atoms with van der Waals surface area (Å²) in [5.74, 6) is -2.22. The van der Waals surface area contributed by atoms with Gasteiger partial charge in [-0.25, -0.2) is 8.78 Å². The van der Waals surface area contributed by atoms with Gasteiger partial charge in [-0.1, -0.05) is 6.07 Å². The number of nitrogens with one attached hydrogen (secondary N) is 1. The Bertz CT molecular complexity index is 784. The van der Waals surface area contributed by atoms with Gasteiger partial charge in [-0.2, -0.15) is 5.10 Å². The lowest BCUT2D eigenvalue weighted by Gasteiger charge is -2.40. The highest BCUT2D eigenvalue weighted by Gasteiger charge is 2.42. The van der Waals surface area contributed by atoms with E-state index in [1.807, 2.05) is 18.1 Å². The fraction of sp³-hybridized carbons (Fsp3) is 0.474. The number of hydrogen-bond acceptors (Lipinski definition) is 4. The molecule has 1 aromatic heterocycles. The van der Waals surface area contributed by atoms with Crippen LogP contribution < -0.4 is 0 Å². The van der Waals surface area contributed by atoms with Crippen molar-refractivity contribution in [3.8, 4) is 0 Å². The summed E-state index contributed by atoms with van der Waals surface area (Å²) in [5.41, 5.74) is 0.0886. The van der Waals surface area contributed by atoms with E-state index in [2.05, 4.69) is 10.2 Å². The second-order valence-electron chi connectivity index (χ2n) is 7.20. The largest absolute Gasteiger partial charge is 0.379 e. The molecule has 0 aliphatic carbocycles. The summed E-state index contributed by atoms with van der Waals surface area (Å²) in [7, 11) is 1.86. The molecule has 3 rings (SSSR count). The standard InChI is InChI=1S/C19H24F2N4O2/c1-24(8-5-15-10-22-23-11-15)13-19(27)6-2-7-25(18(19)26)12-14-3-4-16(20)17(21)9-14/h3-4,9-11,27H,2,5-8,12-13H2,1H3,(H,22,23)/t19-/m1/s1. The molecule has 8 heteroatoms. The molecule has 0 bridgehead atoms. The maximum absolute atomic E-state index is 13.4. The van der Waals surface area contributed by atoms with Crippen LogP contribution in [0.25, 0.3) is 0 Å². The average molecular weight is 378 g/mol. The lowest BCUT2D eigenvalue weighted by Crippen LogP contribution is -2.58. The lowest BCUT2D eigenvalue weighted by molar-refractivity contribution is -0.159. The quantitative estimate of drug-likeness (QED) is 0.770. The number of hydrogen-bond donors (Lipinski definition) is 2. The number of benzene rings is 1. The van der Waals surface area contributed by atoms with Crippen molar-refractivity contribution in [1.29, 1.82) is 0 Å². The SMILES string of the molecule is CN(CCc1cn[nH]c1)C[C@]1(O)CCCN(Cc2ccc(F)c(F)c2)C1=O. The van der Waals surface area contributed by atoms with E-state index in [1.54, 1.807) is 6.20 Å². The number of piperidine rings is 1. The number of halogens is 2. The van der Waals surface area contributed by atoms with Crippen LogP contribution in [0.1, 0.15) is 24.0 Å². The molecule has 2 N–H and O–H groups in total. The molecular weight excluding hydrogens is 354 g/mol. The summed E-state index contributed by atoms with van der Waals surface area (Å²) in [6, 6.07) is 3.60. The number of H-pyrrole nitrogens is 1. The van der Waals surface area contributed by atoms with Gasteiger partial charge in [0.15, 0.2) is 17.2 Å². The van der Waals surface area contributed by atoms with E-state index in [9.17, 15) is 18.7 Å². The Balaban J connectivity index is 1.60. The summed E-state index contributed by atoms with van der Waals surface area (Å²) < 4.78 is 26.5. The van der Waals surface area contributed by atoms with E-state index in [0.717, 1.165) is 24.1 Å². The lowest BCUT2D eigenvalue weighted by atomic mass is 9.90. The van der Waals surface area contributed by atoms with E-state index >= 15 is 0 Å². The van der Waals surface area contributed by atoms with Crippen LogP contribution in [-0.2, 0) is 17.8 Å². The maximum atomic E-state index is 13.4. The molecule has 1 fully saturated rings. The molecule has 1 amide bonds. The normalized spacial score (nSPS) is 20.5. The van der Waals surface area contributed by atoms with Crippen molar-refractivity contribution in [2.75, 3.05) is 26.7 Å². The van der Waals surface area contributed by atoms with Crippen LogP contribution in [0.2, 0.25) is 0 Å². The molecule has 6 nitrogen and oxygen atoms in total. The summed E-state index contributed by atoms with van der Waals surface area (Å²) in [5, 5.41) is 17.6. The van der Waals surface area contributed by atoms with E-state index < -0.39 is 17.2 Å². The number of aromatic amines is 1. The number of carbonyl (C=O) groups is 1. The molecule has 0 radical (unpaired) electrons. The first-order valence-corrected chi connectivity index (χ1v) is 8.99. The van der Waals surface area contributed by atoms with Crippen molar-refractivity contribution in [2.24, 2.45) is 0 Å². The van der Waals surface area contributed by atoms with Gasteiger partial charge in [0.2, 0.25) is 0 Å². The number of rotatable bonds is 7. The molecule has 1 atom stereocenters. The second-order valence-corrected chi connectivity index (χ2v) is 7.20. The molecule has 1 aliphatic rings. The smallest absolute Gasteiger partial charge is 0.256 e. The van der Waals surface area contributed by atoms with Crippen LogP contribution in [-0.4, -0.2) is 63.3 Å². The number of nitrogens with zero attached hydrogens (tertiary/aromatic N) is 3. The molecule has 27 heavy (non-hydrogen) atoms. The van der Waals surface area contributed by atoms with Crippen LogP contribution in [0.5, 0.6) is 0 Å². The fourth-order valence-electron chi connectivity index (χ4n) is 3.48. The number of aliphatic hydroxyl groups is 1. The first-order chi connectivity index (χ1) is 12.9. The number of likely N-dealkylation sites (tertiary alicyclic amines) is 1. The molecule has 0 saturated carbocycles. The molecular formula is C19H24F2N4O2. The van der Waals surface area contributed by atoms with Gasteiger partial charge in [0.25, 0.3) is 5.91 Å². The first-order valence-electron chi connectivity index (χ1n) is 8.99. The van der Waals surface area contributed by atoms with Crippen LogP contribution >= 0.6 is 0 Å². The number of carbonyl (C=O) groups excluding carboxylic acids is 1. The zero-order valence-electron chi connectivity index (χ0n) is 15.3. The van der Waals surface area contributed by atoms with Crippen LogP contribution in [0.15, 0.2) is 30.6 Å². The summed E-state index contributed by atoms with van der Waals surface area (Å²) in [4.78, 5) is 16.3. The van der Waals surface area contributed by atoms with Gasteiger partial charge < -0.3 is 14.9 Å². The summed E-state index contributed by atoms with van der Waals surface area (Å²) in [6.07, 6.45) is 5.36. The summed E-state index contributed by atoms with van der Waals surface area (Å²) >= 11 is 0. The van der Waals surface area contributed by atoms with Gasteiger partial charge in [-0.05, 0) is 49.6 Å². The second kappa shape index (κ2) is 8.14. The topological polar surface area (TPSA) is 72.5 Å². The number of aromatic nitrogens is 2. The Morgan fingerprint density at radius 1 is 1.33 bits per heavy atom. The Hall–Kier alpha value is -2.32. The van der Waals surface area contributed by atoms with E-state index in [-0.39, 0.29) is 19.0 Å². The Labute approximate surface area is 156 Å². The van der Waals surface area contributed by atoms with Crippen molar-refractivity contribution >= 4 is 5.91 Å². The minimum atomic E-state index is -1.47. The monoisotopic (exact) mass is 378 g/mol. The molecule has 2 aromatic rings. The predicted molar refractivity (Wildman–Crippen MR) is 95.7 cm³/mol. The predicted octanol–water partition coefficient (Wildman–Crippen LogP) is 1.72. The Morgan fingerprint density at radius 2 is 2.15 bits per heavy atom. The highest BCUT2D eigenvalue weighted by atomic mass is 19.2. The van der Waals surface area contributed by atoms with Crippen molar-refractivity contribution in [2.45, 2.75) is 31.4 Å². The first kappa shape index (κ1) is 19.4. The van der Waals surface area contributed by atoms with Gasteiger partial charge >= 0.3 is 0 Å². The third-order valence-corrected chi connectivity index (χ3v) is 4.93. The average Bonchev–Trinajstić information content (AvgIpc) is 3.14. The fourth-order valence-corrected chi connectivity index (χ4v) is 3.48.